The summed E-state index contributed by atoms with van der Waals surface area (Å²) in [7, 11) is 0. The molecule has 2 aromatic rings. The zero-order valence-corrected chi connectivity index (χ0v) is 14.3. The second-order valence-electron chi connectivity index (χ2n) is 5.44. The van der Waals surface area contributed by atoms with E-state index in [1.165, 1.54) is 28.3 Å². The Kier molecular flexibility index (Phi) is 7.49. The van der Waals surface area contributed by atoms with E-state index in [0.29, 0.717) is 0 Å². The molecule has 0 aliphatic rings. The van der Waals surface area contributed by atoms with E-state index in [4.69, 9.17) is 5.26 Å². The van der Waals surface area contributed by atoms with Gasteiger partial charge < -0.3 is 0 Å². The molecule has 2 rings (SSSR count). The van der Waals surface area contributed by atoms with Crippen molar-refractivity contribution in [2.45, 2.75) is 6.92 Å². The second kappa shape index (κ2) is 10.4. The van der Waals surface area contributed by atoms with Crippen LogP contribution < -0.4 is 0 Å². The smallest absolute Gasteiger partial charge is 0.0912 e. The highest BCUT2D eigenvalue weighted by Crippen LogP contribution is 2.21. The summed E-state index contributed by atoms with van der Waals surface area (Å²) in [4.78, 5) is 0. The molecule has 0 bridgehead atoms. The number of nitrogens with zero attached hydrogens (tertiary/aromatic N) is 1. The molecular weight excluding hydrogens is 302 g/mol. The molecular formula is C24H21N. The minimum Gasteiger partial charge on any atom is -0.193 e. The number of benzene rings is 2. The molecule has 1 heteroatoms. The van der Waals surface area contributed by atoms with Gasteiger partial charge in [0.15, 0.2) is 0 Å². The van der Waals surface area contributed by atoms with E-state index in [-0.39, 0.29) is 0 Å². The first-order chi connectivity index (χ1) is 12.3. The Hall–Kier alpha value is -3.37. The molecule has 0 aromatic heterocycles. The van der Waals surface area contributed by atoms with Gasteiger partial charge in [-0.2, -0.15) is 5.26 Å². The third-order valence-electron chi connectivity index (χ3n) is 3.60. The Morgan fingerprint density at radius 2 is 1.44 bits per heavy atom. The van der Waals surface area contributed by atoms with Crippen molar-refractivity contribution >= 4 is 11.6 Å². The monoisotopic (exact) mass is 323 g/mol. The number of hydrogen-bond donors (Lipinski definition) is 0. The Labute approximate surface area is 150 Å². The second-order valence-corrected chi connectivity index (χ2v) is 5.44. The largest absolute Gasteiger partial charge is 0.193 e. The van der Waals surface area contributed by atoms with E-state index in [2.05, 4.69) is 49.4 Å². The molecule has 25 heavy (non-hydrogen) atoms. The number of nitriles is 1. The molecule has 2 aromatic carbocycles. The van der Waals surface area contributed by atoms with E-state index in [0.717, 1.165) is 0 Å². The van der Waals surface area contributed by atoms with Crippen molar-refractivity contribution in [1.29, 1.82) is 5.26 Å². The first kappa shape index (κ1) is 18.0. The lowest BCUT2D eigenvalue weighted by molar-refractivity contribution is 1.50. The quantitative estimate of drug-likeness (QED) is 0.448. The number of allylic oxidation sites excluding steroid dienone is 9. The average molecular weight is 323 g/mol. The zero-order chi connectivity index (χ0) is 17.7. The van der Waals surface area contributed by atoms with Crippen molar-refractivity contribution in [1.82, 2.24) is 0 Å². The van der Waals surface area contributed by atoms with Crippen LogP contribution in [0.1, 0.15) is 18.1 Å². The van der Waals surface area contributed by atoms with Crippen LogP contribution in [0.2, 0.25) is 0 Å². The highest BCUT2D eigenvalue weighted by Gasteiger charge is 2.00. The van der Waals surface area contributed by atoms with Crippen LogP contribution in [0.4, 0.5) is 0 Å². The Balaban J connectivity index is 2.29. The standard InChI is InChI=1S/C24H21N/c1-21(18-19-22-13-7-5-8-14-22)24(23-15-9-6-10-16-23)17-11-3-2-4-12-20-25/h2-19H,1H3. The molecule has 1 nitrogen and oxygen atoms in total. The van der Waals surface area contributed by atoms with Gasteiger partial charge in [0.1, 0.15) is 0 Å². The van der Waals surface area contributed by atoms with Gasteiger partial charge in [0.25, 0.3) is 0 Å². The Morgan fingerprint density at radius 3 is 2.12 bits per heavy atom. The van der Waals surface area contributed by atoms with Gasteiger partial charge in [-0.1, -0.05) is 103 Å². The molecule has 0 heterocycles. The molecule has 0 atom stereocenters. The van der Waals surface area contributed by atoms with Crippen LogP contribution in [-0.2, 0) is 0 Å². The maximum Gasteiger partial charge on any atom is 0.0912 e. The van der Waals surface area contributed by atoms with Gasteiger partial charge in [-0.25, -0.2) is 0 Å². The third kappa shape index (κ3) is 6.33. The summed E-state index contributed by atoms with van der Waals surface area (Å²) >= 11 is 0. The lowest BCUT2D eigenvalue weighted by atomic mass is 9.99. The highest BCUT2D eigenvalue weighted by molar-refractivity contribution is 5.79. The molecule has 0 fully saturated rings. The third-order valence-corrected chi connectivity index (χ3v) is 3.60. The maximum atomic E-state index is 8.48. The van der Waals surface area contributed by atoms with Gasteiger partial charge in [-0.05, 0) is 29.2 Å². The summed E-state index contributed by atoms with van der Waals surface area (Å²) in [5, 5.41) is 8.48. The van der Waals surface area contributed by atoms with Crippen molar-refractivity contribution in [2.75, 3.05) is 0 Å². The first-order valence-electron chi connectivity index (χ1n) is 8.20. The molecule has 0 saturated carbocycles. The van der Waals surface area contributed by atoms with Crippen molar-refractivity contribution < 1.29 is 0 Å². The maximum absolute atomic E-state index is 8.48. The lowest BCUT2D eigenvalue weighted by Gasteiger charge is -2.06. The van der Waals surface area contributed by atoms with Crippen LogP contribution >= 0.6 is 0 Å². The first-order valence-corrected chi connectivity index (χ1v) is 8.20. The van der Waals surface area contributed by atoms with Crippen LogP contribution in [0.3, 0.4) is 0 Å². The van der Waals surface area contributed by atoms with Crippen LogP contribution in [0, 0.1) is 11.3 Å². The fourth-order valence-electron chi connectivity index (χ4n) is 2.33. The summed E-state index contributed by atoms with van der Waals surface area (Å²) in [5.74, 6) is 0. The van der Waals surface area contributed by atoms with Crippen molar-refractivity contribution in [3.63, 3.8) is 0 Å². The van der Waals surface area contributed by atoms with Crippen molar-refractivity contribution in [3.8, 4) is 6.07 Å². The van der Waals surface area contributed by atoms with Crippen molar-refractivity contribution in [3.05, 3.63) is 120 Å². The summed E-state index contributed by atoms with van der Waals surface area (Å²) in [5.41, 5.74) is 4.71. The molecule has 0 aliphatic carbocycles. The fourth-order valence-corrected chi connectivity index (χ4v) is 2.33. The van der Waals surface area contributed by atoms with E-state index in [1.807, 2.05) is 60.7 Å². The topological polar surface area (TPSA) is 23.8 Å². The van der Waals surface area contributed by atoms with Gasteiger partial charge in [0.2, 0.25) is 0 Å². The van der Waals surface area contributed by atoms with Crippen LogP contribution in [-0.4, -0.2) is 0 Å². The lowest BCUT2D eigenvalue weighted by Crippen LogP contribution is -1.84. The van der Waals surface area contributed by atoms with Gasteiger partial charge in [0, 0.05) is 6.08 Å². The molecule has 0 radical (unpaired) electrons. The number of hydrogen-bond acceptors (Lipinski definition) is 1. The predicted octanol–water partition coefficient (Wildman–Crippen LogP) is 6.37. The van der Waals surface area contributed by atoms with Crippen LogP contribution in [0.15, 0.2) is 109 Å². The van der Waals surface area contributed by atoms with Gasteiger partial charge in [-0.3, -0.25) is 0 Å². The minimum atomic E-state index is 1.17. The Morgan fingerprint density at radius 1 is 0.800 bits per heavy atom. The van der Waals surface area contributed by atoms with Crippen molar-refractivity contribution in [2.24, 2.45) is 0 Å². The minimum absolute atomic E-state index is 1.17. The summed E-state index contributed by atoms with van der Waals surface area (Å²) in [6.07, 6.45) is 15.3. The molecule has 0 N–H and O–H groups in total. The molecule has 0 unspecified atom stereocenters. The van der Waals surface area contributed by atoms with Gasteiger partial charge in [0.05, 0.1) is 6.07 Å². The van der Waals surface area contributed by atoms with E-state index < -0.39 is 0 Å². The number of rotatable bonds is 6. The summed E-state index contributed by atoms with van der Waals surface area (Å²) in [6.45, 7) is 2.12. The van der Waals surface area contributed by atoms with Crippen LogP contribution in [0.5, 0.6) is 0 Å². The van der Waals surface area contributed by atoms with Gasteiger partial charge in [-0.15, -0.1) is 0 Å². The molecule has 122 valence electrons. The van der Waals surface area contributed by atoms with E-state index in [9.17, 15) is 0 Å². The fraction of sp³-hybridized carbons (Fsp3) is 0.0417. The molecule has 0 spiro atoms. The SMILES string of the molecule is CC(C=Cc1ccccc1)=C(C=CC=CC=CC#N)c1ccccc1. The molecule has 0 amide bonds. The van der Waals surface area contributed by atoms with E-state index in [1.54, 1.807) is 6.08 Å². The van der Waals surface area contributed by atoms with Gasteiger partial charge >= 0.3 is 0 Å². The summed E-state index contributed by atoms with van der Waals surface area (Å²) in [6, 6.07) is 22.6. The molecule has 0 saturated heterocycles. The van der Waals surface area contributed by atoms with Crippen LogP contribution in [0.25, 0.3) is 11.6 Å². The zero-order valence-electron chi connectivity index (χ0n) is 14.3. The normalized spacial score (nSPS) is 13.0. The van der Waals surface area contributed by atoms with E-state index >= 15 is 0 Å². The highest BCUT2D eigenvalue weighted by atomic mass is 14.2. The Bertz CT molecular complexity index is 842. The molecule has 0 aliphatic heterocycles. The predicted molar refractivity (Wildman–Crippen MR) is 108 cm³/mol. The summed E-state index contributed by atoms with van der Waals surface area (Å²) < 4.78 is 0. The average Bonchev–Trinajstić information content (AvgIpc) is 2.67.